The van der Waals surface area contributed by atoms with Crippen molar-refractivity contribution >= 4 is 17.6 Å². The molecular formula is C25H28ClN3O5. The van der Waals surface area contributed by atoms with Crippen molar-refractivity contribution in [1.29, 1.82) is 5.26 Å². The Morgan fingerprint density at radius 1 is 1.12 bits per heavy atom. The first-order valence-electron chi connectivity index (χ1n) is 11.2. The Kier molecular flexibility index (Phi) is 7.41. The topological polar surface area (TPSA) is 106 Å². The molecule has 34 heavy (non-hydrogen) atoms. The number of cyclic esters (lactones) is 1. The Labute approximate surface area is 203 Å². The molecule has 2 aromatic rings. The number of hydrogen-bond acceptors (Lipinski definition) is 8. The molecule has 0 radical (unpaired) electrons. The van der Waals surface area contributed by atoms with E-state index >= 15 is 0 Å². The number of β-amino-alcohol motifs (C(OH)–C–C–N with tert-alkyl or cyclic N) is 2. The van der Waals surface area contributed by atoms with E-state index in [1.165, 1.54) is 13.2 Å². The average Bonchev–Trinajstić information content (AvgIpc) is 3.21. The summed E-state index contributed by atoms with van der Waals surface area (Å²) in [6.45, 7) is 6.05. The number of nitrogens with zero attached hydrogens (tertiary/aromatic N) is 3. The molecule has 4 rings (SSSR count). The summed E-state index contributed by atoms with van der Waals surface area (Å²) in [5.41, 5.74) is 4.03. The van der Waals surface area contributed by atoms with E-state index < -0.39 is 12.2 Å². The third-order valence-corrected chi connectivity index (χ3v) is 7.02. The standard InChI is InChI=1S/C25H28ClN3O5/c1-15-17(3-4-18-20(15)14-34-25(18)32)22(30)12-28-5-7-29(8-6-28)13-23(31)19-10-24(33-2)16(11-27)9-21(19)26/h3-4,9-10,22-23,30-31H,5-8,12-14H2,1-2H3. The van der Waals surface area contributed by atoms with E-state index in [-0.39, 0.29) is 12.6 Å². The number of carbonyl (C=O) groups excluding carboxylic acids is 1. The van der Waals surface area contributed by atoms with E-state index in [2.05, 4.69) is 9.80 Å². The van der Waals surface area contributed by atoms with Crippen LogP contribution in [-0.2, 0) is 11.3 Å². The fraction of sp³-hybridized carbons (Fsp3) is 0.440. The molecule has 2 unspecified atom stereocenters. The summed E-state index contributed by atoms with van der Waals surface area (Å²) in [5.74, 6) is 0.0794. The lowest BCUT2D eigenvalue weighted by Gasteiger charge is -2.36. The number of esters is 1. The van der Waals surface area contributed by atoms with E-state index in [0.717, 1.165) is 42.9 Å². The van der Waals surface area contributed by atoms with Crippen LogP contribution in [0.1, 0.15) is 50.4 Å². The van der Waals surface area contributed by atoms with Gasteiger partial charge in [-0.2, -0.15) is 5.26 Å². The van der Waals surface area contributed by atoms with Crippen LogP contribution < -0.4 is 4.74 Å². The summed E-state index contributed by atoms with van der Waals surface area (Å²) in [5, 5.41) is 31.2. The van der Waals surface area contributed by atoms with Gasteiger partial charge >= 0.3 is 5.97 Å². The summed E-state index contributed by atoms with van der Waals surface area (Å²) in [4.78, 5) is 16.1. The zero-order chi connectivity index (χ0) is 24.4. The van der Waals surface area contributed by atoms with Crippen molar-refractivity contribution in [3.63, 3.8) is 0 Å². The number of halogens is 1. The minimum atomic E-state index is -0.815. The van der Waals surface area contributed by atoms with E-state index in [4.69, 9.17) is 21.1 Å². The summed E-state index contributed by atoms with van der Waals surface area (Å²) in [7, 11) is 1.48. The number of fused-ring (bicyclic) bond motifs is 1. The van der Waals surface area contributed by atoms with Gasteiger partial charge in [0.1, 0.15) is 18.4 Å². The average molecular weight is 486 g/mol. The molecule has 2 heterocycles. The monoisotopic (exact) mass is 485 g/mol. The second kappa shape index (κ2) is 10.3. The second-order valence-electron chi connectivity index (χ2n) is 8.70. The summed E-state index contributed by atoms with van der Waals surface area (Å²) < 4.78 is 10.3. The highest BCUT2D eigenvalue weighted by Gasteiger charge is 2.27. The van der Waals surface area contributed by atoms with Crippen LogP contribution in [0.4, 0.5) is 0 Å². The highest BCUT2D eigenvalue weighted by atomic mass is 35.5. The Hall–Kier alpha value is -2.67. The Balaban J connectivity index is 1.33. The molecule has 180 valence electrons. The third-order valence-electron chi connectivity index (χ3n) is 6.69. The summed E-state index contributed by atoms with van der Waals surface area (Å²) in [6.07, 6.45) is -1.48. The van der Waals surface area contributed by atoms with Crippen molar-refractivity contribution in [2.45, 2.75) is 25.7 Å². The maximum atomic E-state index is 11.8. The highest BCUT2D eigenvalue weighted by Crippen LogP contribution is 2.32. The first kappa shape index (κ1) is 24.5. The van der Waals surface area contributed by atoms with E-state index in [1.54, 1.807) is 12.1 Å². The van der Waals surface area contributed by atoms with E-state index in [1.807, 2.05) is 19.1 Å². The van der Waals surface area contributed by atoms with Gasteiger partial charge in [-0.1, -0.05) is 17.7 Å². The minimum Gasteiger partial charge on any atom is -0.495 e. The fourth-order valence-corrected chi connectivity index (χ4v) is 4.94. The fourth-order valence-electron chi connectivity index (χ4n) is 4.65. The van der Waals surface area contributed by atoms with Gasteiger partial charge in [0.25, 0.3) is 0 Å². The van der Waals surface area contributed by atoms with Crippen LogP contribution in [0.25, 0.3) is 0 Å². The molecule has 1 saturated heterocycles. The summed E-state index contributed by atoms with van der Waals surface area (Å²) in [6, 6.07) is 8.72. The van der Waals surface area contributed by atoms with Gasteiger partial charge in [-0.15, -0.1) is 0 Å². The number of methoxy groups -OCH3 is 1. The molecule has 2 aromatic carbocycles. The Bertz CT molecular complexity index is 1120. The molecular weight excluding hydrogens is 458 g/mol. The molecule has 9 heteroatoms. The first-order chi connectivity index (χ1) is 16.3. The summed E-state index contributed by atoms with van der Waals surface area (Å²) >= 11 is 6.30. The zero-order valence-corrected chi connectivity index (χ0v) is 20.0. The van der Waals surface area contributed by atoms with Gasteiger partial charge in [0.2, 0.25) is 0 Å². The SMILES string of the molecule is COc1cc(C(O)CN2CCN(CC(O)c3ccc4c(c3C)COC4=O)CC2)c(Cl)cc1C#N. The maximum Gasteiger partial charge on any atom is 0.338 e. The smallest absolute Gasteiger partial charge is 0.338 e. The number of hydrogen-bond donors (Lipinski definition) is 2. The van der Waals surface area contributed by atoms with Crippen LogP contribution in [-0.4, -0.2) is 72.4 Å². The molecule has 0 spiro atoms. The third kappa shape index (κ3) is 4.90. The number of ether oxygens (including phenoxy) is 2. The number of piperazine rings is 1. The van der Waals surface area contributed by atoms with Crippen LogP contribution in [0.5, 0.6) is 5.75 Å². The molecule has 2 atom stereocenters. The van der Waals surface area contributed by atoms with Gasteiger partial charge < -0.3 is 19.7 Å². The van der Waals surface area contributed by atoms with E-state index in [9.17, 15) is 20.3 Å². The number of aliphatic hydroxyl groups excluding tert-OH is 2. The minimum absolute atomic E-state index is 0.261. The van der Waals surface area contributed by atoms with Gasteiger partial charge in [0, 0.05) is 55.4 Å². The lowest BCUT2D eigenvalue weighted by molar-refractivity contribution is 0.0480. The number of nitriles is 1. The predicted molar refractivity (Wildman–Crippen MR) is 126 cm³/mol. The second-order valence-corrected chi connectivity index (χ2v) is 9.11. The van der Waals surface area contributed by atoms with Crippen LogP contribution >= 0.6 is 11.6 Å². The van der Waals surface area contributed by atoms with Crippen molar-refractivity contribution in [2.24, 2.45) is 0 Å². The van der Waals surface area contributed by atoms with Crippen LogP contribution in [0, 0.1) is 18.3 Å². The maximum absolute atomic E-state index is 11.8. The van der Waals surface area contributed by atoms with Gasteiger partial charge in [0.05, 0.1) is 30.4 Å². The van der Waals surface area contributed by atoms with Crippen molar-refractivity contribution in [3.05, 3.63) is 62.7 Å². The van der Waals surface area contributed by atoms with Crippen molar-refractivity contribution in [1.82, 2.24) is 9.80 Å². The largest absolute Gasteiger partial charge is 0.495 e. The molecule has 8 nitrogen and oxygen atoms in total. The van der Waals surface area contributed by atoms with Crippen LogP contribution in [0.3, 0.4) is 0 Å². The first-order valence-corrected chi connectivity index (χ1v) is 11.6. The normalized spacial score (nSPS) is 18.2. The molecule has 0 amide bonds. The zero-order valence-electron chi connectivity index (χ0n) is 19.3. The molecule has 0 saturated carbocycles. The molecule has 0 bridgehead atoms. The van der Waals surface area contributed by atoms with Crippen LogP contribution in [0.15, 0.2) is 24.3 Å². The van der Waals surface area contributed by atoms with Gasteiger partial charge in [-0.05, 0) is 36.2 Å². The Morgan fingerprint density at radius 3 is 2.32 bits per heavy atom. The number of carbonyl (C=O) groups is 1. The molecule has 0 aliphatic carbocycles. The number of aliphatic hydroxyl groups is 2. The van der Waals surface area contributed by atoms with Crippen molar-refractivity contribution in [2.75, 3.05) is 46.4 Å². The molecule has 1 fully saturated rings. The number of benzene rings is 2. The lowest BCUT2D eigenvalue weighted by Crippen LogP contribution is -2.48. The van der Waals surface area contributed by atoms with E-state index in [0.29, 0.717) is 40.6 Å². The van der Waals surface area contributed by atoms with Gasteiger partial charge in [0.15, 0.2) is 0 Å². The lowest BCUT2D eigenvalue weighted by atomic mass is 9.95. The van der Waals surface area contributed by atoms with Crippen LogP contribution in [0.2, 0.25) is 5.02 Å². The van der Waals surface area contributed by atoms with Gasteiger partial charge in [-0.3, -0.25) is 9.80 Å². The molecule has 2 N–H and O–H groups in total. The highest BCUT2D eigenvalue weighted by molar-refractivity contribution is 6.31. The predicted octanol–water partition coefficient (Wildman–Crippen LogP) is 2.58. The van der Waals surface area contributed by atoms with Crippen molar-refractivity contribution in [3.8, 4) is 11.8 Å². The Morgan fingerprint density at radius 2 is 1.74 bits per heavy atom. The molecule has 0 aromatic heterocycles. The molecule has 2 aliphatic rings. The number of rotatable bonds is 7. The van der Waals surface area contributed by atoms with Crippen molar-refractivity contribution < 1.29 is 24.5 Å². The van der Waals surface area contributed by atoms with Gasteiger partial charge in [-0.25, -0.2) is 4.79 Å². The quantitative estimate of drug-likeness (QED) is 0.576. The molecule has 2 aliphatic heterocycles.